The molecule has 1 aliphatic heterocycles. The number of piperidine rings is 1. The maximum Gasteiger partial charge on any atom is 0.232 e. The van der Waals surface area contributed by atoms with Crippen LogP contribution >= 0.6 is 11.8 Å². The van der Waals surface area contributed by atoms with Crippen LogP contribution in [0.3, 0.4) is 0 Å². The van der Waals surface area contributed by atoms with Crippen molar-refractivity contribution in [2.75, 3.05) is 31.9 Å². The first-order chi connectivity index (χ1) is 11.1. The Morgan fingerprint density at radius 3 is 2.78 bits per heavy atom. The fraction of sp³-hybridized carbons (Fsp3) is 0.500. The van der Waals surface area contributed by atoms with Gasteiger partial charge >= 0.3 is 0 Å². The van der Waals surface area contributed by atoms with E-state index in [-0.39, 0.29) is 23.5 Å². The van der Waals surface area contributed by atoms with E-state index < -0.39 is 0 Å². The normalized spacial score (nSPS) is 17.8. The van der Waals surface area contributed by atoms with E-state index in [4.69, 9.17) is 5.73 Å². The van der Waals surface area contributed by atoms with Gasteiger partial charge in [0.05, 0.1) is 11.7 Å². The highest BCUT2D eigenvalue weighted by Crippen LogP contribution is 2.23. The molecule has 6 nitrogen and oxygen atoms in total. The van der Waals surface area contributed by atoms with Crippen molar-refractivity contribution in [3.63, 3.8) is 0 Å². The number of nitrogens with one attached hydrogen (secondary N) is 1. The molecule has 4 N–H and O–H groups in total. The molecule has 1 atom stereocenters. The van der Waals surface area contributed by atoms with Gasteiger partial charge < -0.3 is 21.1 Å². The number of thioether (sulfide) groups is 1. The zero-order valence-electron chi connectivity index (χ0n) is 13.0. The van der Waals surface area contributed by atoms with Crippen molar-refractivity contribution in [2.45, 2.75) is 17.7 Å². The van der Waals surface area contributed by atoms with E-state index in [2.05, 4.69) is 5.32 Å². The molecule has 0 radical (unpaired) electrons. The third kappa shape index (κ3) is 5.44. The van der Waals surface area contributed by atoms with E-state index >= 15 is 0 Å². The van der Waals surface area contributed by atoms with Gasteiger partial charge in [0.1, 0.15) is 5.75 Å². The number of nitrogens with two attached hydrogens (primary N) is 1. The predicted molar refractivity (Wildman–Crippen MR) is 90.2 cm³/mol. The summed E-state index contributed by atoms with van der Waals surface area (Å²) in [6, 6.07) is 6.77. The molecule has 1 aromatic carbocycles. The molecule has 0 saturated carbocycles. The zero-order valence-corrected chi connectivity index (χ0v) is 13.8. The van der Waals surface area contributed by atoms with E-state index in [1.165, 1.54) is 11.8 Å². The third-order valence-corrected chi connectivity index (χ3v) is 4.78. The van der Waals surface area contributed by atoms with Gasteiger partial charge in [0, 0.05) is 31.1 Å². The summed E-state index contributed by atoms with van der Waals surface area (Å²) in [6.45, 7) is 2.07. The molecule has 0 aromatic heterocycles. The first-order valence-electron chi connectivity index (χ1n) is 7.77. The van der Waals surface area contributed by atoms with Gasteiger partial charge in [0.15, 0.2) is 0 Å². The van der Waals surface area contributed by atoms with Crippen LogP contribution < -0.4 is 11.1 Å². The average molecular weight is 337 g/mol. The predicted octanol–water partition coefficient (Wildman–Crippen LogP) is 0.798. The monoisotopic (exact) mass is 337 g/mol. The number of nitrogens with zero attached hydrogens (tertiary/aromatic N) is 1. The summed E-state index contributed by atoms with van der Waals surface area (Å²) in [6.07, 6.45) is 1.65. The lowest BCUT2D eigenvalue weighted by Gasteiger charge is -2.32. The number of carbonyl (C=O) groups is 2. The van der Waals surface area contributed by atoms with Crippen LogP contribution in [0.15, 0.2) is 29.2 Å². The van der Waals surface area contributed by atoms with Crippen molar-refractivity contribution in [1.82, 2.24) is 10.2 Å². The van der Waals surface area contributed by atoms with Crippen molar-refractivity contribution < 1.29 is 14.7 Å². The Morgan fingerprint density at radius 1 is 1.35 bits per heavy atom. The largest absolute Gasteiger partial charge is 0.508 e. The van der Waals surface area contributed by atoms with Crippen LogP contribution in [-0.2, 0) is 9.59 Å². The first kappa shape index (κ1) is 17.6. The van der Waals surface area contributed by atoms with Crippen molar-refractivity contribution >= 4 is 23.6 Å². The van der Waals surface area contributed by atoms with E-state index in [0.29, 0.717) is 31.9 Å². The Bertz CT molecular complexity index is 536. The number of amides is 2. The molecule has 7 heteroatoms. The molecule has 0 bridgehead atoms. The highest BCUT2D eigenvalue weighted by molar-refractivity contribution is 8.00. The zero-order chi connectivity index (χ0) is 16.7. The van der Waals surface area contributed by atoms with Gasteiger partial charge in [-0.15, -0.1) is 11.8 Å². The lowest BCUT2D eigenvalue weighted by molar-refractivity contribution is -0.133. The fourth-order valence-corrected chi connectivity index (χ4v) is 3.34. The number of hydrogen-bond donors (Lipinski definition) is 3. The Balaban J connectivity index is 1.81. The molecule has 2 amide bonds. The fourth-order valence-electron chi connectivity index (χ4n) is 2.54. The molecular formula is C16H23N3O3S. The highest BCUT2D eigenvalue weighted by Gasteiger charge is 2.27. The molecule has 1 unspecified atom stereocenters. The number of benzene rings is 1. The molecule has 2 rings (SSSR count). The van der Waals surface area contributed by atoms with Crippen LogP contribution in [0.1, 0.15) is 12.8 Å². The Kier molecular flexibility index (Phi) is 6.73. The number of aromatic hydroxyl groups is 1. The Hall–Kier alpha value is -1.73. The van der Waals surface area contributed by atoms with Crippen molar-refractivity contribution in [3.05, 3.63) is 24.3 Å². The van der Waals surface area contributed by atoms with Gasteiger partial charge in [0.2, 0.25) is 11.8 Å². The Labute approximate surface area is 140 Å². The maximum atomic E-state index is 12.3. The van der Waals surface area contributed by atoms with Crippen LogP contribution in [0.5, 0.6) is 5.75 Å². The standard InChI is InChI=1S/C16H23N3O3S/c17-7-8-18-16(22)12-2-1-9-19(10-12)15(21)11-23-14-5-3-13(20)4-6-14/h3-6,12,20H,1-2,7-11,17H2,(H,18,22). The lowest BCUT2D eigenvalue weighted by Crippen LogP contribution is -2.46. The van der Waals surface area contributed by atoms with Crippen LogP contribution in [0, 0.1) is 5.92 Å². The summed E-state index contributed by atoms with van der Waals surface area (Å²) in [5.74, 6) is 0.432. The van der Waals surface area contributed by atoms with Gasteiger partial charge in [-0.3, -0.25) is 9.59 Å². The van der Waals surface area contributed by atoms with Gasteiger partial charge in [0.25, 0.3) is 0 Å². The second-order valence-corrected chi connectivity index (χ2v) is 6.59. The molecule has 0 aliphatic carbocycles. The van der Waals surface area contributed by atoms with Gasteiger partial charge in [-0.25, -0.2) is 0 Å². The summed E-state index contributed by atoms with van der Waals surface area (Å²) in [7, 11) is 0. The minimum absolute atomic E-state index is 0.0147. The second-order valence-electron chi connectivity index (χ2n) is 5.54. The molecular weight excluding hydrogens is 314 g/mol. The molecule has 1 aromatic rings. The van der Waals surface area contributed by atoms with E-state index in [1.807, 2.05) is 0 Å². The number of rotatable bonds is 6. The summed E-state index contributed by atoms with van der Waals surface area (Å²) < 4.78 is 0. The lowest BCUT2D eigenvalue weighted by atomic mass is 9.97. The van der Waals surface area contributed by atoms with Gasteiger partial charge in [-0.05, 0) is 37.1 Å². The number of phenols is 1. The molecule has 23 heavy (non-hydrogen) atoms. The smallest absolute Gasteiger partial charge is 0.232 e. The van der Waals surface area contributed by atoms with Crippen molar-refractivity contribution in [3.8, 4) is 5.75 Å². The molecule has 1 fully saturated rings. The molecule has 1 saturated heterocycles. The van der Waals surface area contributed by atoms with Crippen LogP contribution in [0.4, 0.5) is 0 Å². The number of likely N-dealkylation sites (tertiary alicyclic amines) is 1. The molecule has 126 valence electrons. The minimum atomic E-state index is -0.141. The number of carbonyl (C=O) groups excluding carboxylic acids is 2. The summed E-state index contributed by atoms with van der Waals surface area (Å²) in [5.41, 5.74) is 5.39. The SMILES string of the molecule is NCCNC(=O)C1CCCN(C(=O)CSc2ccc(O)cc2)C1. The van der Waals surface area contributed by atoms with Crippen LogP contribution in [0.25, 0.3) is 0 Å². The van der Waals surface area contributed by atoms with E-state index in [9.17, 15) is 14.7 Å². The number of hydrogen-bond acceptors (Lipinski definition) is 5. The number of phenolic OH excluding ortho intramolecular Hbond substituents is 1. The van der Waals surface area contributed by atoms with E-state index in [1.54, 1.807) is 29.2 Å². The van der Waals surface area contributed by atoms with Crippen molar-refractivity contribution in [2.24, 2.45) is 11.7 Å². The van der Waals surface area contributed by atoms with Gasteiger partial charge in [-0.2, -0.15) is 0 Å². The third-order valence-electron chi connectivity index (χ3n) is 3.79. The van der Waals surface area contributed by atoms with E-state index in [0.717, 1.165) is 17.7 Å². The topological polar surface area (TPSA) is 95.7 Å². The Morgan fingerprint density at radius 2 is 2.09 bits per heavy atom. The average Bonchev–Trinajstić information content (AvgIpc) is 2.59. The first-order valence-corrected chi connectivity index (χ1v) is 8.76. The molecule has 0 spiro atoms. The summed E-state index contributed by atoms with van der Waals surface area (Å²) in [5, 5.41) is 12.0. The van der Waals surface area contributed by atoms with Crippen LogP contribution in [-0.4, -0.2) is 53.8 Å². The minimum Gasteiger partial charge on any atom is -0.508 e. The van der Waals surface area contributed by atoms with Crippen LogP contribution in [0.2, 0.25) is 0 Å². The second kappa shape index (κ2) is 8.79. The maximum absolute atomic E-state index is 12.3. The summed E-state index contributed by atoms with van der Waals surface area (Å²) in [4.78, 5) is 27.0. The summed E-state index contributed by atoms with van der Waals surface area (Å²) >= 11 is 1.43. The van der Waals surface area contributed by atoms with Crippen molar-refractivity contribution in [1.29, 1.82) is 0 Å². The molecule has 1 heterocycles. The van der Waals surface area contributed by atoms with Gasteiger partial charge in [-0.1, -0.05) is 0 Å². The molecule has 1 aliphatic rings. The quantitative estimate of drug-likeness (QED) is 0.667. The highest BCUT2D eigenvalue weighted by atomic mass is 32.2.